The number of ether oxygens (including phenoxy) is 2. The van der Waals surface area contributed by atoms with E-state index in [1.807, 2.05) is 13.8 Å². The van der Waals surface area contributed by atoms with E-state index < -0.39 is 5.41 Å². The molecule has 100 valence electrons. The number of hydrogen-bond donors (Lipinski definition) is 1. The van der Waals surface area contributed by atoms with Crippen molar-refractivity contribution in [1.29, 1.82) is 0 Å². The highest BCUT2D eigenvalue weighted by Gasteiger charge is 2.30. The minimum atomic E-state index is -0.464. The van der Waals surface area contributed by atoms with Crippen LogP contribution in [0.15, 0.2) is 0 Å². The Morgan fingerprint density at radius 2 is 2.06 bits per heavy atom. The van der Waals surface area contributed by atoms with Crippen molar-refractivity contribution in [2.75, 3.05) is 26.9 Å². The lowest BCUT2D eigenvalue weighted by molar-refractivity contribution is -0.150. The first-order chi connectivity index (χ1) is 7.97. The highest BCUT2D eigenvalue weighted by molar-refractivity contribution is 5.76. The minimum Gasteiger partial charge on any atom is -0.469 e. The molecule has 1 heterocycles. The third-order valence-electron chi connectivity index (χ3n) is 3.58. The predicted molar refractivity (Wildman–Crippen MR) is 66.8 cm³/mol. The Hall–Kier alpha value is -0.610. The summed E-state index contributed by atoms with van der Waals surface area (Å²) in [5.74, 6) is 0.487. The first kappa shape index (κ1) is 14.5. The number of carbonyl (C=O) groups excluding carboxylic acids is 1. The molecule has 0 aromatic carbocycles. The lowest BCUT2D eigenvalue weighted by Gasteiger charge is -2.31. The van der Waals surface area contributed by atoms with Gasteiger partial charge in [0.15, 0.2) is 0 Å². The monoisotopic (exact) mass is 243 g/mol. The van der Waals surface area contributed by atoms with E-state index in [4.69, 9.17) is 9.47 Å². The molecule has 1 saturated heterocycles. The molecule has 17 heavy (non-hydrogen) atoms. The summed E-state index contributed by atoms with van der Waals surface area (Å²) in [6.45, 7) is 8.36. The zero-order valence-corrected chi connectivity index (χ0v) is 11.4. The second-order valence-corrected chi connectivity index (χ2v) is 5.49. The molecule has 1 unspecified atom stereocenters. The number of methoxy groups -OCH3 is 1. The van der Waals surface area contributed by atoms with Crippen LogP contribution in [0.2, 0.25) is 0 Å². The number of carbonyl (C=O) groups is 1. The molecule has 1 aliphatic heterocycles. The maximum Gasteiger partial charge on any atom is 0.312 e. The van der Waals surface area contributed by atoms with Crippen molar-refractivity contribution >= 4 is 5.97 Å². The molecular formula is C13H25NO3. The fourth-order valence-electron chi connectivity index (χ4n) is 2.15. The van der Waals surface area contributed by atoms with Crippen LogP contribution in [0.4, 0.5) is 0 Å². The zero-order chi connectivity index (χ0) is 12.9. The average molecular weight is 243 g/mol. The van der Waals surface area contributed by atoms with Gasteiger partial charge in [-0.15, -0.1) is 0 Å². The highest BCUT2D eigenvalue weighted by atomic mass is 16.5. The maximum atomic E-state index is 11.5. The molecule has 0 aromatic heterocycles. The van der Waals surface area contributed by atoms with E-state index in [1.165, 1.54) is 7.11 Å². The van der Waals surface area contributed by atoms with E-state index in [9.17, 15) is 4.79 Å². The molecule has 0 bridgehead atoms. The van der Waals surface area contributed by atoms with Crippen LogP contribution in [0, 0.1) is 11.3 Å². The molecule has 1 atom stereocenters. The van der Waals surface area contributed by atoms with Crippen LogP contribution in [-0.4, -0.2) is 38.9 Å². The van der Waals surface area contributed by atoms with E-state index in [1.54, 1.807) is 0 Å². The lowest BCUT2D eigenvalue weighted by Crippen LogP contribution is -2.44. The van der Waals surface area contributed by atoms with E-state index in [0.29, 0.717) is 18.5 Å². The average Bonchev–Trinajstić information content (AvgIpc) is 2.36. The van der Waals surface area contributed by atoms with Crippen molar-refractivity contribution < 1.29 is 14.3 Å². The standard InChI is InChI=1S/C13H25NO3/c1-10(11-5-7-17-8-6-11)14-9-13(2,3)12(15)16-4/h10-11,14H,5-9H2,1-4H3. The smallest absolute Gasteiger partial charge is 0.312 e. The second-order valence-electron chi connectivity index (χ2n) is 5.49. The summed E-state index contributed by atoms with van der Waals surface area (Å²) >= 11 is 0. The van der Waals surface area contributed by atoms with E-state index in [0.717, 1.165) is 26.1 Å². The third kappa shape index (κ3) is 4.28. The predicted octanol–water partition coefficient (Wildman–Crippen LogP) is 1.59. The van der Waals surface area contributed by atoms with E-state index >= 15 is 0 Å². The van der Waals surface area contributed by atoms with Gasteiger partial charge in [-0.05, 0) is 39.5 Å². The molecule has 1 aliphatic rings. The molecule has 4 nitrogen and oxygen atoms in total. The largest absolute Gasteiger partial charge is 0.469 e. The Labute approximate surface area is 104 Å². The van der Waals surface area contributed by atoms with Gasteiger partial charge in [0, 0.05) is 25.8 Å². The van der Waals surface area contributed by atoms with Gasteiger partial charge in [0.25, 0.3) is 0 Å². The van der Waals surface area contributed by atoms with Crippen molar-refractivity contribution in [3.63, 3.8) is 0 Å². The number of esters is 1. The van der Waals surface area contributed by atoms with Crippen molar-refractivity contribution in [3.8, 4) is 0 Å². The van der Waals surface area contributed by atoms with Crippen molar-refractivity contribution in [1.82, 2.24) is 5.32 Å². The molecule has 0 aromatic rings. The summed E-state index contributed by atoms with van der Waals surface area (Å²) in [5, 5.41) is 3.45. The SMILES string of the molecule is COC(=O)C(C)(C)CNC(C)C1CCOCC1. The van der Waals surface area contributed by atoms with Crippen LogP contribution in [-0.2, 0) is 14.3 Å². The summed E-state index contributed by atoms with van der Waals surface area (Å²) in [5.41, 5.74) is -0.464. The number of nitrogens with one attached hydrogen (secondary N) is 1. The Morgan fingerprint density at radius 1 is 1.47 bits per heavy atom. The van der Waals surface area contributed by atoms with Crippen LogP contribution < -0.4 is 5.32 Å². The third-order valence-corrected chi connectivity index (χ3v) is 3.58. The van der Waals surface area contributed by atoms with E-state index in [-0.39, 0.29) is 5.97 Å². The van der Waals surface area contributed by atoms with Gasteiger partial charge in [0.05, 0.1) is 12.5 Å². The second kappa shape index (κ2) is 6.36. The Bertz CT molecular complexity index is 247. The van der Waals surface area contributed by atoms with Gasteiger partial charge >= 0.3 is 5.97 Å². The van der Waals surface area contributed by atoms with Crippen LogP contribution in [0.25, 0.3) is 0 Å². The van der Waals surface area contributed by atoms with Crippen LogP contribution in [0.5, 0.6) is 0 Å². The summed E-state index contributed by atoms with van der Waals surface area (Å²) in [4.78, 5) is 11.5. The van der Waals surface area contributed by atoms with Gasteiger partial charge in [-0.2, -0.15) is 0 Å². The summed E-state index contributed by atoms with van der Waals surface area (Å²) < 4.78 is 10.1. The molecule has 1 N–H and O–H groups in total. The molecule has 0 aliphatic carbocycles. The summed E-state index contributed by atoms with van der Waals surface area (Å²) in [6.07, 6.45) is 2.21. The van der Waals surface area contributed by atoms with Gasteiger partial charge < -0.3 is 14.8 Å². The van der Waals surface area contributed by atoms with Gasteiger partial charge in [0.2, 0.25) is 0 Å². The first-order valence-corrected chi connectivity index (χ1v) is 6.37. The van der Waals surface area contributed by atoms with Crippen LogP contribution >= 0.6 is 0 Å². The van der Waals surface area contributed by atoms with Crippen LogP contribution in [0.1, 0.15) is 33.6 Å². The Balaban J connectivity index is 2.36. The van der Waals surface area contributed by atoms with Crippen molar-refractivity contribution in [2.45, 2.75) is 39.7 Å². The molecule has 1 rings (SSSR count). The zero-order valence-electron chi connectivity index (χ0n) is 11.4. The number of hydrogen-bond acceptors (Lipinski definition) is 4. The molecule has 1 fully saturated rings. The molecule has 0 amide bonds. The molecule has 4 heteroatoms. The fraction of sp³-hybridized carbons (Fsp3) is 0.923. The Kier molecular flexibility index (Phi) is 5.40. The Morgan fingerprint density at radius 3 is 2.59 bits per heavy atom. The molecule has 0 spiro atoms. The minimum absolute atomic E-state index is 0.163. The van der Waals surface area contributed by atoms with Gasteiger partial charge in [-0.3, -0.25) is 4.79 Å². The van der Waals surface area contributed by atoms with Crippen molar-refractivity contribution in [3.05, 3.63) is 0 Å². The lowest BCUT2D eigenvalue weighted by atomic mass is 9.90. The van der Waals surface area contributed by atoms with Gasteiger partial charge in [-0.1, -0.05) is 0 Å². The van der Waals surface area contributed by atoms with Crippen LogP contribution in [0.3, 0.4) is 0 Å². The molecule has 0 saturated carbocycles. The topological polar surface area (TPSA) is 47.6 Å². The molecular weight excluding hydrogens is 218 g/mol. The maximum absolute atomic E-state index is 11.5. The van der Waals surface area contributed by atoms with Crippen molar-refractivity contribution in [2.24, 2.45) is 11.3 Å². The highest BCUT2D eigenvalue weighted by Crippen LogP contribution is 2.21. The normalized spacial score (nSPS) is 20.0. The summed E-state index contributed by atoms with van der Waals surface area (Å²) in [7, 11) is 1.44. The quantitative estimate of drug-likeness (QED) is 0.745. The fourth-order valence-corrected chi connectivity index (χ4v) is 2.15. The number of rotatable bonds is 5. The van der Waals surface area contributed by atoms with Gasteiger partial charge in [0.1, 0.15) is 0 Å². The van der Waals surface area contributed by atoms with Gasteiger partial charge in [-0.25, -0.2) is 0 Å². The first-order valence-electron chi connectivity index (χ1n) is 6.37. The van der Waals surface area contributed by atoms with E-state index in [2.05, 4.69) is 12.2 Å². The summed E-state index contributed by atoms with van der Waals surface area (Å²) in [6, 6.07) is 0.419. The molecule has 0 radical (unpaired) electrons.